The van der Waals surface area contributed by atoms with Crippen molar-refractivity contribution in [3.8, 4) is 11.7 Å². The number of ether oxygens (including phenoxy) is 1. The van der Waals surface area contributed by atoms with Gasteiger partial charge in [-0.3, -0.25) is 0 Å². The topological polar surface area (TPSA) is 66.0 Å². The summed E-state index contributed by atoms with van der Waals surface area (Å²) in [6.07, 6.45) is 3.44. The van der Waals surface area contributed by atoms with Crippen LogP contribution in [0.25, 0.3) is 5.82 Å². The first-order valence-electron chi connectivity index (χ1n) is 4.22. The van der Waals surface area contributed by atoms with E-state index in [-0.39, 0.29) is 0 Å². The summed E-state index contributed by atoms with van der Waals surface area (Å²) in [5.41, 5.74) is 6.34. The summed E-state index contributed by atoms with van der Waals surface area (Å²) < 4.78 is 7.47. The van der Waals surface area contributed by atoms with Crippen molar-refractivity contribution in [1.29, 1.82) is 0 Å². The van der Waals surface area contributed by atoms with Crippen LogP contribution in [0.3, 0.4) is 0 Å². The highest BCUT2D eigenvalue weighted by molar-refractivity contribution is 9.10. The predicted molar refractivity (Wildman–Crippen MR) is 60.0 cm³/mol. The molecule has 0 aromatic carbocycles. The zero-order valence-electron chi connectivity index (χ0n) is 8.01. The number of nitrogen functional groups attached to an aromatic ring is 1. The van der Waals surface area contributed by atoms with Crippen molar-refractivity contribution < 1.29 is 4.74 Å². The Labute approximate surface area is 95.0 Å². The summed E-state index contributed by atoms with van der Waals surface area (Å²) in [5.74, 6) is 1.06. The van der Waals surface area contributed by atoms with E-state index in [2.05, 4.69) is 26.0 Å². The van der Waals surface area contributed by atoms with E-state index in [4.69, 9.17) is 10.5 Å². The van der Waals surface area contributed by atoms with Gasteiger partial charge in [-0.05, 0) is 22.0 Å². The van der Waals surface area contributed by atoms with Gasteiger partial charge in [0.05, 0.1) is 23.5 Å². The van der Waals surface area contributed by atoms with Gasteiger partial charge in [0, 0.05) is 12.3 Å². The number of pyridine rings is 1. The Morgan fingerprint density at radius 2 is 2.27 bits per heavy atom. The van der Waals surface area contributed by atoms with Crippen LogP contribution in [0.5, 0.6) is 5.88 Å². The fraction of sp³-hybridized carbons (Fsp3) is 0.111. The fourth-order valence-corrected chi connectivity index (χ4v) is 1.44. The molecular weight excluding hydrogens is 260 g/mol. The normalized spacial score (nSPS) is 10.3. The van der Waals surface area contributed by atoms with Gasteiger partial charge >= 0.3 is 0 Å². The Kier molecular flexibility index (Phi) is 2.59. The summed E-state index contributed by atoms with van der Waals surface area (Å²) >= 11 is 3.31. The Balaban J connectivity index is 2.51. The third-order valence-electron chi connectivity index (χ3n) is 1.86. The molecule has 0 unspecified atom stereocenters. The number of anilines is 1. The Morgan fingerprint density at radius 1 is 1.47 bits per heavy atom. The second-order valence-electron chi connectivity index (χ2n) is 2.87. The SMILES string of the molecule is COc1ccc(N)c(-n2cc(Br)cn2)n1. The lowest BCUT2D eigenvalue weighted by molar-refractivity contribution is 0.397. The van der Waals surface area contributed by atoms with Gasteiger partial charge in [-0.2, -0.15) is 10.1 Å². The van der Waals surface area contributed by atoms with E-state index in [0.29, 0.717) is 17.4 Å². The van der Waals surface area contributed by atoms with Crippen LogP contribution in [0.4, 0.5) is 5.69 Å². The summed E-state index contributed by atoms with van der Waals surface area (Å²) in [6.45, 7) is 0. The van der Waals surface area contributed by atoms with Crippen LogP contribution in [-0.2, 0) is 0 Å². The zero-order valence-corrected chi connectivity index (χ0v) is 9.60. The maximum absolute atomic E-state index is 5.79. The van der Waals surface area contributed by atoms with Crippen molar-refractivity contribution in [2.75, 3.05) is 12.8 Å². The lowest BCUT2D eigenvalue weighted by Crippen LogP contribution is -2.04. The van der Waals surface area contributed by atoms with E-state index in [9.17, 15) is 0 Å². The summed E-state index contributed by atoms with van der Waals surface area (Å²) in [7, 11) is 1.56. The molecule has 2 rings (SSSR count). The highest BCUT2D eigenvalue weighted by Gasteiger charge is 2.06. The standard InChI is InChI=1S/C9H9BrN4O/c1-15-8-3-2-7(11)9(13-8)14-5-6(10)4-12-14/h2-5H,11H2,1H3. The zero-order chi connectivity index (χ0) is 10.8. The minimum Gasteiger partial charge on any atom is -0.481 e. The molecule has 0 aliphatic rings. The first kappa shape index (κ1) is 9.97. The highest BCUT2D eigenvalue weighted by Crippen LogP contribution is 2.19. The Bertz CT molecular complexity index is 483. The van der Waals surface area contributed by atoms with Gasteiger partial charge in [0.2, 0.25) is 5.88 Å². The second-order valence-corrected chi connectivity index (χ2v) is 3.79. The lowest BCUT2D eigenvalue weighted by atomic mass is 10.4. The number of nitrogens with zero attached hydrogens (tertiary/aromatic N) is 3. The summed E-state index contributed by atoms with van der Waals surface area (Å²) in [6, 6.07) is 3.44. The fourth-order valence-electron chi connectivity index (χ4n) is 1.16. The second kappa shape index (κ2) is 3.90. The van der Waals surface area contributed by atoms with Crippen molar-refractivity contribution in [2.45, 2.75) is 0 Å². The molecule has 78 valence electrons. The molecule has 5 nitrogen and oxygen atoms in total. The number of hydrogen-bond donors (Lipinski definition) is 1. The smallest absolute Gasteiger partial charge is 0.215 e. The quantitative estimate of drug-likeness (QED) is 0.899. The molecular formula is C9H9BrN4O. The molecule has 2 N–H and O–H groups in total. The first-order chi connectivity index (χ1) is 7.20. The predicted octanol–water partition coefficient (Wildman–Crippen LogP) is 1.62. The number of nitrogens with two attached hydrogens (primary N) is 1. The van der Waals surface area contributed by atoms with Crippen molar-refractivity contribution in [3.63, 3.8) is 0 Å². The molecule has 0 aliphatic heterocycles. The molecule has 2 heterocycles. The average molecular weight is 269 g/mol. The summed E-state index contributed by atoms with van der Waals surface area (Å²) in [4.78, 5) is 4.21. The molecule has 0 bridgehead atoms. The molecule has 0 fully saturated rings. The molecule has 2 aromatic rings. The maximum Gasteiger partial charge on any atom is 0.215 e. The largest absolute Gasteiger partial charge is 0.481 e. The lowest BCUT2D eigenvalue weighted by Gasteiger charge is -2.06. The molecule has 0 amide bonds. The van der Waals surface area contributed by atoms with Gasteiger partial charge in [0.25, 0.3) is 0 Å². The van der Waals surface area contributed by atoms with Gasteiger partial charge < -0.3 is 10.5 Å². The van der Waals surface area contributed by atoms with E-state index in [1.54, 1.807) is 36.3 Å². The van der Waals surface area contributed by atoms with E-state index < -0.39 is 0 Å². The van der Waals surface area contributed by atoms with Crippen molar-refractivity contribution in [3.05, 3.63) is 29.0 Å². The molecule has 0 saturated carbocycles. The minimum atomic E-state index is 0.505. The molecule has 0 saturated heterocycles. The molecule has 15 heavy (non-hydrogen) atoms. The molecule has 0 radical (unpaired) electrons. The van der Waals surface area contributed by atoms with Gasteiger partial charge in [0.15, 0.2) is 5.82 Å². The van der Waals surface area contributed by atoms with E-state index in [0.717, 1.165) is 4.47 Å². The van der Waals surface area contributed by atoms with Crippen LogP contribution in [-0.4, -0.2) is 21.9 Å². The maximum atomic E-state index is 5.79. The van der Waals surface area contributed by atoms with Crippen molar-refractivity contribution >= 4 is 21.6 Å². The third-order valence-corrected chi connectivity index (χ3v) is 2.27. The molecule has 2 aromatic heterocycles. The van der Waals surface area contributed by atoms with Gasteiger partial charge in [0.1, 0.15) is 0 Å². The molecule has 6 heteroatoms. The Hall–Kier alpha value is -1.56. The number of aromatic nitrogens is 3. The first-order valence-corrected chi connectivity index (χ1v) is 5.01. The van der Waals surface area contributed by atoms with E-state index in [1.807, 2.05) is 0 Å². The van der Waals surface area contributed by atoms with E-state index in [1.165, 1.54) is 0 Å². The minimum absolute atomic E-state index is 0.505. The molecule has 0 spiro atoms. The van der Waals surface area contributed by atoms with E-state index >= 15 is 0 Å². The van der Waals surface area contributed by atoms with Crippen LogP contribution < -0.4 is 10.5 Å². The van der Waals surface area contributed by atoms with Gasteiger partial charge in [-0.15, -0.1) is 0 Å². The van der Waals surface area contributed by atoms with Gasteiger partial charge in [-0.1, -0.05) is 0 Å². The van der Waals surface area contributed by atoms with Crippen LogP contribution in [0.1, 0.15) is 0 Å². The third kappa shape index (κ3) is 1.94. The van der Waals surface area contributed by atoms with Crippen molar-refractivity contribution in [1.82, 2.24) is 14.8 Å². The number of hydrogen-bond acceptors (Lipinski definition) is 4. The van der Waals surface area contributed by atoms with Crippen LogP contribution in [0.15, 0.2) is 29.0 Å². The highest BCUT2D eigenvalue weighted by atomic mass is 79.9. The Morgan fingerprint density at radius 3 is 2.87 bits per heavy atom. The monoisotopic (exact) mass is 268 g/mol. The van der Waals surface area contributed by atoms with Gasteiger partial charge in [-0.25, -0.2) is 4.68 Å². The van der Waals surface area contributed by atoms with Crippen LogP contribution >= 0.6 is 15.9 Å². The molecule has 0 aliphatic carbocycles. The van der Waals surface area contributed by atoms with Crippen LogP contribution in [0, 0.1) is 0 Å². The number of halogens is 1. The van der Waals surface area contributed by atoms with Crippen LogP contribution in [0.2, 0.25) is 0 Å². The average Bonchev–Trinajstić information content (AvgIpc) is 2.65. The summed E-state index contributed by atoms with van der Waals surface area (Å²) in [5, 5.41) is 4.09. The number of rotatable bonds is 2. The number of methoxy groups -OCH3 is 1. The van der Waals surface area contributed by atoms with Crippen molar-refractivity contribution in [2.24, 2.45) is 0 Å². The molecule has 0 atom stereocenters.